The second-order valence-corrected chi connectivity index (χ2v) is 6.07. The SMILES string of the molecule is Cc1cccc(NC(=O)CN2C3CCC2C(C(=O)O)C3)c1. The summed E-state index contributed by atoms with van der Waals surface area (Å²) >= 11 is 0. The van der Waals surface area contributed by atoms with Crippen LogP contribution in [0, 0.1) is 12.8 Å². The average molecular weight is 288 g/mol. The van der Waals surface area contributed by atoms with E-state index < -0.39 is 5.97 Å². The molecule has 1 aromatic carbocycles. The normalized spacial score (nSPS) is 27.8. The molecule has 5 heteroatoms. The summed E-state index contributed by atoms with van der Waals surface area (Å²) < 4.78 is 0. The van der Waals surface area contributed by atoms with E-state index in [1.807, 2.05) is 31.2 Å². The first-order valence-corrected chi connectivity index (χ1v) is 7.39. The Morgan fingerprint density at radius 1 is 1.38 bits per heavy atom. The first kappa shape index (κ1) is 14.1. The number of benzene rings is 1. The minimum absolute atomic E-state index is 0.0239. The van der Waals surface area contributed by atoms with Crippen LogP contribution in [0.15, 0.2) is 24.3 Å². The lowest BCUT2D eigenvalue weighted by molar-refractivity contribution is -0.142. The number of nitrogens with zero attached hydrogens (tertiary/aromatic N) is 1. The Morgan fingerprint density at radius 3 is 2.86 bits per heavy atom. The number of carbonyl (C=O) groups excluding carboxylic acids is 1. The summed E-state index contributed by atoms with van der Waals surface area (Å²) in [5, 5.41) is 12.1. The fourth-order valence-corrected chi connectivity index (χ4v) is 3.70. The lowest BCUT2D eigenvalue weighted by Gasteiger charge is -2.22. The maximum absolute atomic E-state index is 12.2. The van der Waals surface area contributed by atoms with Crippen molar-refractivity contribution in [1.82, 2.24) is 4.90 Å². The van der Waals surface area contributed by atoms with Crippen molar-refractivity contribution in [3.8, 4) is 0 Å². The molecule has 1 amide bonds. The van der Waals surface area contributed by atoms with E-state index in [0.717, 1.165) is 24.1 Å². The Bertz CT molecular complexity index is 572. The number of aryl methyl sites for hydroxylation is 1. The molecule has 2 saturated heterocycles. The standard InChI is InChI=1S/C16H20N2O3/c1-10-3-2-4-11(7-10)17-15(19)9-18-12-5-6-14(18)13(8-12)16(20)21/h2-4,7,12-14H,5-6,8-9H2,1H3,(H,17,19)(H,20,21). The number of hydrogen-bond acceptors (Lipinski definition) is 3. The third kappa shape index (κ3) is 2.78. The molecule has 2 fully saturated rings. The maximum Gasteiger partial charge on any atom is 0.308 e. The predicted octanol–water partition coefficient (Wildman–Crippen LogP) is 1.87. The summed E-state index contributed by atoms with van der Waals surface area (Å²) in [6, 6.07) is 7.95. The zero-order valence-corrected chi connectivity index (χ0v) is 12.1. The van der Waals surface area contributed by atoms with E-state index in [1.165, 1.54) is 0 Å². The number of rotatable bonds is 4. The van der Waals surface area contributed by atoms with Crippen molar-refractivity contribution in [2.24, 2.45) is 5.92 Å². The molecule has 21 heavy (non-hydrogen) atoms. The minimum Gasteiger partial charge on any atom is -0.481 e. The van der Waals surface area contributed by atoms with Crippen LogP contribution in [-0.4, -0.2) is 40.5 Å². The zero-order valence-electron chi connectivity index (χ0n) is 12.1. The van der Waals surface area contributed by atoms with Crippen LogP contribution >= 0.6 is 0 Å². The number of hydrogen-bond donors (Lipinski definition) is 2. The average Bonchev–Trinajstić information content (AvgIpc) is 2.96. The van der Waals surface area contributed by atoms with E-state index >= 15 is 0 Å². The van der Waals surface area contributed by atoms with Crippen LogP contribution < -0.4 is 5.32 Å². The predicted molar refractivity (Wildman–Crippen MR) is 79.1 cm³/mol. The lowest BCUT2D eigenvalue weighted by Crippen LogP contribution is -2.38. The van der Waals surface area contributed by atoms with Gasteiger partial charge in [0, 0.05) is 17.8 Å². The first-order valence-electron chi connectivity index (χ1n) is 7.39. The largest absolute Gasteiger partial charge is 0.481 e. The summed E-state index contributed by atoms with van der Waals surface area (Å²) in [7, 11) is 0. The van der Waals surface area contributed by atoms with Crippen molar-refractivity contribution in [2.45, 2.75) is 38.3 Å². The monoisotopic (exact) mass is 288 g/mol. The molecule has 3 rings (SSSR count). The first-order chi connectivity index (χ1) is 10.0. The van der Waals surface area contributed by atoms with E-state index in [1.54, 1.807) is 0 Å². The fourth-order valence-electron chi connectivity index (χ4n) is 3.70. The molecule has 5 nitrogen and oxygen atoms in total. The topological polar surface area (TPSA) is 69.6 Å². The van der Waals surface area contributed by atoms with Gasteiger partial charge in [0.15, 0.2) is 0 Å². The molecule has 1 aromatic rings. The number of carboxylic acid groups (broad SMARTS) is 1. The highest BCUT2D eigenvalue weighted by atomic mass is 16.4. The molecule has 2 N–H and O–H groups in total. The van der Waals surface area contributed by atoms with Crippen LogP contribution in [-0.2, 0) is 9.59 Å². The fraction of sp³-hybridized carbons (Fsp3) is 0.500. The Kier molecular flexibility index (Phi) is 3.68. The van der Waals surface area contributed by atoms with Crippen LogP contribution in [0.5, 0.6) is 0 Å². The van der Waals surface area contributed by atoms with Gasteiger partial charge in [-0.3, -0.25) is 14.5 Å². The Balaban J connectivity index is 1.62. The Morgan fingerprint density at radius 2 is 2.19 bits per heavy atom. The van der Waals surface area contributed by atoms with Crippen molar-refractivity contribution in [2.75, 3.05) is 11.9 Å². The smallest absolute Gasteiger partial charge is 0.308 e. The molecule has 0 aromatic heterocycles. The van der Waals surface area contributed by atoms with Crippen molar-refractivity contribution in [3.05, 3.63) is 29.8 Å². The van der Waals surface area contributed by atoms with Gasteiger partial charge < -0.3 is 10.4 Å². The highest BCUT2D eigenvalue weighted by Crippen LogP contribution is 2.41. The molecule has 0 saturated carbocycles. The van der Waals surface area contributed by atoms with E-state index in [4.69, 9.17) is 0 Å². The highest BCUT2D eigenvalue weighted by molar-refractivity contribution is 5.92. The van der Waals surface area contributed by atoms with E-state index in [-0.39, 0.29) is 30.5 Å². The summed E-state index contributed by atoms with van der Waals surface area (Å²) in [6.45, 7) is 2.26. The Labute approximate surface area is 123 Å². The molecule has 3 atom stereocenters. The number of fused-ring (bicyclic) bond motifs is 2. The van der Waals surface area contributed by atoms with Gasteiger partial charge in [-0.2, -0.15) is 0 Å². The van der Waals surface area contributed by atoms with Gasteiger partial charge in [0.1, 0.15) is 0 Å². The number of amides is 1. The Hall–Kier alpha value is -1.88. The van der Waals surface area contributed by atoms with E-state index in [2.05, 4.69) is 10.2 Å². The number of nitrogens with one attached hydrogen (secondary N) is 1. The minimum atomic E-state index is -0.730. The van der Waals surface area contributed by atoms with Gasteiger partial charge in [-0.05, 0) is 43.9 Å². The molecule has 0 aliphatic carbocycles. The molecule has 2 aliphatic rings. The van der Waals surface area contributed by atoms with Crippen molar-refractivity contribution < 1.29 is 14.7 Å². The summed E-state index contributed by atoms with van der Waals surface area (Å²) in [5.41, 5.74) is 1.89. The van der Waals surface area contributed by atoms with Crippen LogP contribution in [0.1, 0.15) is 24.8 Å². The number of anilines is 1. The number of carboxylic acids is 1. The molecular weight excluding hydrogens is 268 g/mol. The van der Waals surface area contributed by atoms with Gasteiger partial charge in [0.25, 0.3) is 0 Å². The zero-order chi connectivity index (χ0) is 15.0. The van der Waals surface area contributed by atoms with Crippen molar-refractivity contribution in [3.63, 3.8) is 0 Å². The van der Waals surface area contributed by atoms with Crippen LogP contribution in [0.2, 0.25) is 0 Å². The van der Waals surface area contributed by atoms with Crippen LogP contribution in [0.3, 0.4) is 0 Å². The van der Waals surface area contributed by atoms with Gasteiger partial charge >= 0.3 is 5.97 Å². The van der Waals surface area contributed by atoms with Crippen molar-refractivity contribution in [1.29, 1.82) is 0 Å². The quantitative estimate of drug-likeness (QED) is 0.887. The van der Waals surface area contributed by atoms with Crippen LogP contribution in [0.25, 0.3) is 0 Å². The second-order valence-electron chi connectivity index (χ2n) is 6.07. The molecule has 112 valence electrons. The van der Waals surface area contributed by atoms with Gasteiger partial charge in [0.2, 0.25) is 5.91 Å². The summed E-state index contributed by atoms with van der Waals surface area (Å²) in [6.07, 6.45) is 2.57. The van der Waals surface area contributed by atoms with E-state index in [0.29, 0.717) is 6.42 Å². The maximum atomic E-state index is 12.2. The highest BCUT2D eigenvalue weighted by Gasteiger charge is 2.49. The number of aliphatic carboxylic acids is 1. The van der Waals surface area contributed by atoms with Gasteiger partial charge in [-0.1, -0.05) is 12.1 Å². The molecule has 2 aliphatic heterocycles. The molecule has 3 unspecified atom stereocenters. The van der Waals surface area contributed by atoms with Crippen molar-refractivity contribution >= 4 is 17.6 Å². The molecule has 2 bridgehead atoms. The van der Waals surface area contributed by atoms with E-state index in [9.17, 15) is 14.7 Å². The van der Waals surface area contributed by atoms with Gasteiger partial charge in [-0.15, -0.1) is 0 Å². The molecule has 0 spiro atoms. The third-order valence-electron chi connectivity index (χ3n) is 4.63. The lowest BCUT2D eigenvalue weighted by atomic mass is 9.89. The summed E-state index contributed by atoms with van der Waals surface area (Å²) in [4.78, 5) is 25.5. The molecule has 0 radical (unpaired) electrons. The van der Waals surface area contributed by atoms with Gasteiger partial charge in [0.05, 0.1) is 12.5 Å². The third-order valence-corrected chi connectivity index (χ3v) is 4.63. The molecule has 2 heterocycles. The summed E-state index contributed by atoms with van der Waals surface area (Å²) in [5.74, 6) is -1.11. The van der Waals surface area contributed by atoms with Gasteiger partial charge in [-0.25, -0.2) is 0 Å². The second kappa shape index (κ2) is 5.48. The molecular formula is C16H20N2O3. The number of carbonyl (C=O) groups is 2. The van der Waals surface area contributed by atoms with Crippen LogP contribution in [0.4, 0.5) is 5.69 Å².